The van der Waals surface area contributed by atoms with Crippen LogP contribution in [0.4, 0.5) is 0 Å². The standard InChI is InChI=1S/C21H24N2O5/c1-28-13-12-17(21(26)27)22-20(25)18(14-15-8-4-2-5-9-15)23-19(24)16-10-6-3-7-11-16/h2-11,17-18H,12-14H2,1H3,(H,22,25)(H,23,24)(H,26,27). The number of amides is 2. The Morgan fingerprint density at radius 2 is 1.54 bits per heavy atom. The van der Waals surface area contributed by atoms with E-state index in [0.29, 0.717) is 5.56 Å². The zero-order valence-corrected chi connectivity index (χ0v) is 15.6. The number of hydrogen-bond donors (Lipinski definition) is 3. The molecule has 0 aliphatic heterocycles. The number of hydrogen-bond acceptors (Lipinski definition) is 4. The highest BCUT2D eigenvalue weighted by Gasteiger charge is 2.27. The van der Waals surface area contributed by atoms with Gasteiger partial charge >= 0.3 is 5.97 Å². The van der Waals surface area contributed by atoms with E-state index in [-0.39, 0.29) is 19.4 Å². The number of carboxylic acids is 1. The number of ether oxygens (including phenoxy) is 1. The number of rotatable bonds is 10. The molecule has 0 aliphatic rings. The highest BCUT2D eigenvalue weighted by Crippen LogP contribution is 2.07. The predicted octanol–water partition coefficient (Wildman–Crippen LogP) is 1.63. The fraction of sp³-hybridized carbons (Fsp3) is 0.286. The third-order valence-corrected chi connectivity index (χ3v) is 4.17. The molecule has 7 heteroatoms. The van der Waals surface area contributed by atoms with E-state index in [1.54, 1.807) is 30.3 Å². The lowest BCUT2D eigenvalue weighted by atomic mass is 10.0. The highest BCUT2D eigenvalue weighted by molar-refractivity contribution is 5.98. The topological polar surface area (TPSA) is 105 Å². The van der Waals surface area contributed by atoms with E-state index >= 15 is 0 Å². The Balaban J connectivity index is 2.15. The summed E-state index contributed by atoms with van der Waals surface area (Å²) in [6.07, 6.45) is 0.365. The molecule has 0 aromatic heterocycles. The lowest BCUT2D eigenvalue weighted by Gasteiger charge is -2.21. The van der Waals surface area contributed by atoms with Crippen molar-refractivity contribution >= 4 is 17.8 Å². The summed E-state index contributed by atoms with van der Waals surface area (Å²) in [5.74, 6) is -2.12. The van der Waals surface area contributed by atoms with Crippen LogP contribution in [0.1, 0.15) is 22.3 Å². The summed E-state index contributed by atoms with van der Waals surface area (Å²) in [7, 11) is 1.46. The largest absolute Gasteiger partial charge is 0.480 e. The third kappa shape index (κ3) is 6.51. The smallest absolute Gasteiger partial charge is 0.326 e. The van der Waals surface area contributed by atoms with Crippen LogP contribution in [0, 0.1) is 0 Å². The number of nitrogens with one attached hydrogen (secondary N) is 2. The quantitative estimate of drug-likeness (QED) is 0.578. The lowest BCUT2D eigenvalue weighted by molar-refractivity contribution is -0.142. The summed E-state index contributed by atoms with van der Waals surface area (Å²) < 4.78 is 4.90. The van der Waals surface area contributed by atoms with Crippen molar-refractivity contribution in [2.24, 2.45) is 0 Å². The molecule has 7 nitrogen and oxygen atoms in total. The van der Waals surface area contributed by atoms with E-state index in [4.69, 9.17) is 4.74 Å². The van der Waals surface area contributed by atoms with Gasteiger partial charge in [0.25, 0.3) is 5.91 Å². The number of carbonyl (C=O) groups excluding carboxylic acids is 2. The monoisotopic (exact) mass is 384 g/mol. The molecule has 148 valence electrons. The van der Waals surface area contributed by atoms with Gasteiger partial charge < -0.3 is 20.5 Å². The van der Waals surface area contributed by atoms with Gasteiger partial charge in [-0.05, 0) is 17.7 Å². The van der Waals surface area contributed by atoms with Crippen LogP contribution in [0.2, 0.25) is 0 Å². The number of benzene rings is 2. The molecule has 0 saturated heterocycles. The minimum atomic E-state index is -1.15. The van der Waals surface area contributed by atoms with Crippen molar-refractivity contribution in [3.05, 3.63) is 71.8 Å². The zero-order chi connectivity index (χ0) is 20.4. The van der Waals surface area contributed by atoms with E-state index in [2.05, 4.69) is 10.6 Å². The number of carbonyl (C=O) groups is 3. The van der Waals surface area contributed by atoms with Crippen molar-refractivity contribution in [2.75, 3.05) is 13.7 Å². The van der Waals surface area contributed by atoms with Crippen molar-refractivity contribution in [1.29, 1.82) is 0 Å². The predicted molar refractivity (Wildman–Crippen MR) is 104 cm³/mol. The van der Waals surface area contributed by atoms with Gasteiger partial charge in [-0.1, -0.05) is 48.5 Å². The summed E-state index contributed by atoms with van der Waals surface area (Å²) in [5, 5.41) is 14.5. The molecule has 0 saturated carbocycles. The second-order valence-electron chi connectivity index (χ2n) is 6.26. The minimum absolute atomic E-state index is 0.127. The molecule has 0 heterocycles. The number of methoxy groups -OCH3 is 1. The average Bonchev–Trinajstić information content (AvgIpc) is 2.71. The van der Waals surface area contributed by atoms with Crippen LogP contribution in [0.15, 0.2) is 60.7 Å². The average molecular weight is 384 g/mol. The molecule has 2 unspecified atom stereocenters. The summed E-state index contributed by atoms with van der Waals surface area (Å²) in [6.45, 7) is 0.191. The molecule has 2 rings (SSSR count). The van der Waals surface area contributed by atoms with Crippen molar-refractivity contribution < 1.29 is 24.2 Å². The molecule has 28 heavy (non-hydrogen) atoms. The molecule has 0 fully saturated rings. The van der Waals surface area contributed by atoms with Gasteiger partial charge in [-0.15, -0.1) is 0 Å². The van der Waals surface area contributed by atoms with Crippen molar-refractivity contribution in [3.63, 3.8) is 0 Å². The Morgan fingerprint density at radius 1 is 0.929 bits per heavy atom. The zero-order valence-electron chi connectivity index (χ0n) is 15.6. The molecule has 0 radical (unpaired) electrons. The first-order valence-electron chi connectivity index (χ1n) is 8.93. The normalized spacial score (nSPS) is 12.6. The van der Waals surface area contributed by atoms with Gasteiger partial charge in [0, 0.05) is 32.1 Å². The summed E-state index contributed by atoms with van der Waals surface area (Å²) in [6, 6.07) is 15.7. The Labute approximate surface area is 163 Å². The van der Waals surface area contributed by atoms with Crippen molar-refractivity contribution in [1.82, 2.24) is 10.6 Å². The summed E-state index contributed by atoms with van der Waals surface area (Å²) in [4.78, 5) is 36.7. The molecule has 0 bridgehead atoms. The fourth-order valence-electron chi connectivity index (χ4n) is 2.66. The van der Waals surface area contributed by atoms with Crippen molar-refractivity contribution in [3.8, 4) is 0 Å². The van der Waals surface area contributed by atoms with Crippen LogP contribution < -0.4 is 10.6 Å². The van der Waals surface area contributed by atoms with Gasteiger partial charge in [-0.2, -0.15) is 0 Å². The van der Waals surface area contributed by atoms with Gasteiger partial charge in [-0.25, -0.2) is 4.79 Å². The van der Waals surface area contributed by atoms with E-state index < -0.39 is 29.9 Å². The Hall–Kier alpha value is -3.19. The summed E-state index contributed by atoms with van der Waals surface area (Å²) in [5.41, 5.74) is 1.27. The first-order valence-corrected chi connectivity index (χ1v) is 8.93. The Morgan fingerprint density at radius 3 is 2.11 bits per heavy atom. The Bertz CT molecular complexity index is 780. The van der Waals surface area contributed by atoms with E-state index in [9.17, 15) is 19.5 Å². The number of aliphatic carboxylic acids is 1. The van der Waals surface area contributed by atoms with E-state index in [0.717, 1.165) is 5.56 Å². The SMILES string of the molecule is COCCC(NC(=O)C(Cc1ccccc1)NC(=O)c1ccccc1)C(=O)O. The van der Waals surface area contributed by atoms with Crippen LogP contribution in [0.25, 0.3) is 0 Å². The maximum absolute atomic E-state index is 12.8. The minimum Gasteiger partial charge on any atom is -0.480 e. The lowest BCUT2D eigenvalue weighted by Crippen LogP contribution is -2.52. The van der Waals surface area contributed by atoms with Crippen molar-refractivity contribution in [2.45, 2.75) is 24.9 Å². The molecular formula is C21H24N2O5. The maximum Gasteiger partial charge on any atom is 0.326 e. The van der Waals surface area contributed by atoms with Gasteiger partial charge in [0.15, 0.2) is 0 Å². The Kier molecular flexibility index (Phi) is 8.17. The first kappa shape index (κ1) is 21.1. The van der Waals surface area contributed by atoms with Crippen LogP contribution in [-0.2, 0) is 20.7 Å². The van der Waals surface area contributed by atoms with E-state index in [1.165, 1.54) is 7.11 Å². The summed E-state index contributed by atoms with van der Waals surface area (Å²) >= 11 is 0. The van der Waals surface area contributed by atoms with Gasteiger partial charge in [0.05, 0.1) is 0 Å². The third-order valence-electron chi connectivity index (χ3n) is 4.17. The molecule has 0 spiro atoms. The van der Waals surface area contributed by atoms with E-state index in [1.807, 2.05) is 30.3 Å². The number of carboxylic acid groups (broad SMARTS) is 1. The molecular weight excluding hydrogens is 360 g/mol. The van der Waals surface area contributed by atoms with Crippen LogP contribution in [-0.4, -0.2) is 48.7 Å². The molecule has 2 aromatic rings. The first-order chi connectivity index (χ1) is 13.5. The molecule has 3 N–H and O–H groups in total. The van der Waals surface area contributed by atoms with Gasteiger partial charge in [0.1, 0.15) is 12.1 Å². The van der Waals surface area contributed by atoms with Crippen LogP contribution in [0.3, 0.4) is 0 Å². The fourth-order valence-corrected chi connectivity index (χ4v) is 2.66. The highest BCUT2D eigenvalue weighted by atomic mass is 16.5. The van der Waals surface area contributed by atoms with Crippen LogP contribution in [0.5, 0.6) is 0 Å². The molecule has 2 amide bonds. The maximum atomic E-state index is 12.8. The molecule has 0 aliphatic carbocycles. The molecule has 2 atom stereocenters. The van der Waals surface area contributed by atoms with Gasteiger partial charge in [0.2, 0.25) is 5.91 Å². The second kappa shape index (κ2) is 10.8. The molecule has 2 aromatic carbocycles. The van der Waals surface area contributed by atoms with Crippen LogP contribution >= 0.6 is 0 Å². The van der Waals surface area contributed by atoms with Gasteiger partial charge in [-0.3, -0.25) is 9.59 Å². The second-order valence-corrected chi connectivity index (χ2v) is 6.26.